The highest BCUT2D eigenvalue weighted by molar-refractivity contribution is 5.95. The minimum absolute atomic E-state index is 0.0416. The van der Waals surface area contributed by atoms with E-state index < -0.39 is 60.3 Å². The van der Waals surface area contributed by atoms with Crippen molar-refractivity contribution in [2.75, 3.05) is 25.0 Å². The number of carbonyl (C=O) groups is 4. The second-order valence-corrected chi connectivity index (χ2v) is 8.10. The van der Waals surface area contributed by atoms with Crippen molar-refractivity contribution >= 4 is 29.3 Å². The van der Waals surface area contributed by atoms with Crippen LogP contribution in [0.4, 0.5) is 27.6 Å². The Morgan fingerprint density at radius 1 is 1.17 bits per heavy atom. The molecule has 1 aliphatic heterocycles. The standard InChI is InChI=1S/C22H24F5N5O4/c1-3-31(19(35)13(2)29-20(36)21(23,24)22(25,26)27)12-17(33)32-11-14(9-16(32)10-28)18(34)30-15-7-5-4-6-8-15/h4-8,13-14,16H,3,9,11-12H2,1-2H3,(H,29,36)(H,30,34). The molecule has 1 heterocycles. The summed E-state index contributed by atoms with van der Waals surface area (Å²) in [7, 11) is 0. The van der Waals surface area contributed by atoms with Crippen LogP contribution >= 0.6 is 0 Å². The van der Waals surface area contributed by atoms with Gasteiger partial charge in [0.2, 0.25) is 17.7 Å². The van der Waals surface area contributed by atoms with E-state index >= 15 is 0 Å². The first-order chi connectivity index (χ1) is 16.7. The van der Waals surface area contributed by atoms with Gasteiger partial charge in [-0.1, -0.05) is 18.2 Å². The summed E-state index contributed by atoms with van der Waals surface area (Å²) in [6, 6.07) is 7.65. The van der Waals surface area contributed by atoms with Gasteiger partial charge in [-0.3, -0.25) is 19.2 Å². The van der Waals surface area contributed by atoms with Crippen LogP contribution in [0.5, 0.6) is 0 Å². The molecule has 0 saturated carbocycles. The second-order valence-electron chi connectivity index (χ2n) is 8.10. The zero-order valence-corrected chi connectivity index (χ0v) is 19.3. The molecule has 196 valence electrons. The predicted molar refractivity (Wildman–Crippen MR) is 115 cm³/mol. The lowest BCUT2D eigenvalue weighted by atomic mass is 10.1. The van der Waals surface area contributed by atoms with Gasteiger partial charge in [-0.25, -0.2) is 0 Å². The Morgan fingerprint density at radius 2 is 1.78 bits per heavy atom. The van der Waals surface area contributed by atoms with Crippen molar-refractivity contribution in [3.05, 3.63) is 30.3 Å². The van der Waals surface area contributed by atoms with Crippen LogP contribution in [-0.4, -0.2) is 77.2 Å². The summed E-state index contributed by atoms with van der Waals surface area (Å²) in [4.78, 5) is 51.3. The van der Waals surface area contributed by atoms with E-state index in [1.165, 1.54) is 12.2 Å². The molecule has 36 heavy (non-hydrogen) atoms. The van der Waals surface area contributed by atoms with Crippen LogP contribution in [0.2, 0.25) is 0 Å². The van der Waals surface area contributed by atoms with Crippen molar-refractivity contribution in [1.29, 1.82) is 5.26 Å². The third-order valence-electron chi connectivity index (χ3n) is 5.56. The Bertz CT molecular complexity index is 1030. The van der Waals surface area contributed by atoms with Gasteiger partial charge in [0, 0.05) is 18.8 Å². The molecule has 0 bridgehead atoms. The molecule has 3 unspecified atom stereocenters. The predicted octanol–water partition coefficient (Wildman–Crippen LogP) is 1.92. The molecule has 0 aromatic heterocycles. The number of hydrogen-bond acceptors (Lipinski definition) is 5. The summed E-state index contributed by atoms with van der Waals surface area (Å²) >= 11 is 0. The Morgan fingerprint density at radius 3 is 2.31 bits per heavy atom. The third kappa shape index (κ3) is 6.46. The van der Waals surface area contributed by atoms with E-state index in [-0.39, 0.29) is 19.5 Å². The average molecular weight is 517 g/mol. The number of likely N-dealkylation sites (N-methyl/N-ethyl adjacent to an activating group) is 1. The molecule has 2 N–H and O–H groups in total. The lowest BCUT2D eigenvalue weighted by molar-refractivity contribution is -0.270. The molecule has 0 radical (unpaired) electrons. The van der Waals surface area contributed by atoms with Gasteiger partial charge >= 0.3 is 18.0 Å². The molecule has 4 amide bonds. The normalized spacial score (nSPS) is 18.7. The van der Waals surface area contributed by atoms with Crippen molar-refractivity contribution < 1.29 is 41.1 Å². The molecule has 3 atom stereocenters. The molecule has 2 rings (SSSR count). The van der Waals surface area contributed by atoms with Crippen LogP contribution < -0.4 is 10.6 Å². The number of halogens is 5. The van der Waals surface area contributed by atoms with Crippen LogP contribution in [0.3, 0.4) is 0 Å². The number of alkyl halides is 5. The topological polar surface area (TPSA) is 123 Å². The highest BCUT2D eigenvalue weighted by Crippen LogP contribution is 2.35. The van der Waals surface area contributed by atoms with Gasteiger partial charge in [0.25, 0.3) is 0 Å². The van der Waals surface area contributed by atoms with E-state index in [0.29, 0.717) is 5.69 Å². The first-order valence-electron chi connectivity index (χ1n) is 10.8. The zero-order chi connectivity index (χ0) is 27.3. The number of nitrogens with one attached hydrogen (secondary N) is 2. The van der Waals surface area contributed by atoms with E-state index in [9.17, 15) is 46.4 Å². The molecular formula is C22H24F5N5O4. The largest absolute Gasteiger partial charge is 0.463 e. The maximum Gasteiger partial charge on any atom is 0.463 e. The fraction of sp³-hybridized carbons (Fsp3) is 0.500. The number of nitrogens with zero attached hydrogens (tertiary/aromatic N) is 3. The van der Waals surface area contributed by atoms with Crippen LogP contribution in [0.1, 0.15) is 20.3 Å². The van der Waals surface area contributed by atoms with E-state index in [1.807, 2.05) is 6.07 Å². The van der Waals surface area contributed by atoms with Crippen LogP contribution in [0.15, 0.2) is 30.3 Å². The number of para-hydroxylation sites is 1. The van der Waals surface area contributed by atoms with Crippen molar-refractivity contribution in [1.82, 2.24) is 15.1 Å². The van der Waals surface area contributed by atoms with Crippen molar-refractivity contribution in [2.45, 2.75) is 44.5 Å². The molecule has 1 fully saturated rings. The molecule has 1 aromatic rings. The van der Waals surface area contributed by atoms with Crippen molar-refractivity contribution in [2.24, 2.45) is 5.92 Å². The fourth-order valence-corrected chi connectivity index (χ4v) is 3.54. The summed E-state index contributed by atoms with van der Waals surface area (Å²) in [5.74, 6) is -11.3. The third-order valence-corrected chi connectivity index (χ3v) is 5.56. The summed E-state index contributed by atoms with van der Waals surface area (Å²) < 4.78 is 63.5. The highest BCUT2D eigenvalue weighted by Gasteiger charge is 2.63. The van der Waals surface area contributed by atoms with Gasteiger partial charge in [-0.15, -0.1) is 0 Å². The summed E-state index contributed by atoms with van der Waals surface area (Å²) in [5, 5.41) is 13.4. The van der Waals surface area contributed by atoms with Gasteiger partial charge in [0.15, 0.2) is 0 Å². The van der Waals surface area contributed by atoms with Gasteiger partial charge < -0.3 is 20.4 Å². The Balaban J connectivity index is 2.03. The van der Waals surface area contributed by atoms with Gasteiger partial charge in [-0.2, -0.15) is 27.2 Å². The molecule has 1 aromatic carbocycles. The quantitative estimate of drug-likeness (QED) is 0.511. The monoisotopic (exact) mass is 517 g/mol. The van der Waals surface area contributed by atoms with Crippen LogP contribution in [-0.2, 0) is 19.2 Å². The van der Waals surface area contributed by atoms with Crippen molar-refractivity contribution in [3.8, 4) is 6.07 Å². The number of hydrogen-bond donors (Lipinski definition) is 2. The first-order valence-corrected chi connectivity index (χ1v) is 10.8. The Labute approximate surface area is 203 Å². The maximum atomic E-state index is 13.2. The van der Waals surface area contributed by atoms with Crippen LogP contribution in [0.25, 0.3) is 0 Å². The van der Waals surface area contributed by atoms with Crippen molar-refractivity contribution in [3.63, 3.8) is 0 Å². The highest BCUT2D eigenvalue weighted by atomic mass is 19.4. The molecule has 0 spiro atoms. The molecule has 1 saturated heterocycles. The molecule has 0 aliphatic carbocycles. The number of benzene rings is 1. The Hall–Kier alpha value is -3.76. The number of amides is 4. The lowest BCUT2D eigenvalue weighted by Gasteiger charge is -2.28. The van der Waals surface area contributed by atoms with Crippen LogP contribution in [0, 0.1) is 17.2 Å². The van der Waals surface area contributed by atoms with E-state index in [1.54, 1.807) is 30.3 Å². The number of anilines is 1. The van der Waals surface area contributed by atoms with Gasteiger partial charge in [0.05, 0.1) is 18.5 Å². The van der Waals surface area contributed by atoms with Gasteiger partial charge in [-0.05, 0) is 32.4 Å². The maximum absolute atomic E-state index is 13.2. The van der Waals surface area contributed by atoms with E-state index in [2.05, 4.69) is 5.32 Å². The van der Waals surface area contributed by atoms with E-state index in [4.69, 9.17) is 0 Å². The fourth-order valence-electron chi connectivity index (χ4n) is 3.54. The summed E-state index contributed by atoms with van der Waals surface area (Å²) in [6.07, 6.45) is -6.11. The summed E-state index contributed by atoms with van der Waals surface area (Å²) in [5.41, 5.74) is 0.524. The first kappa shape index (κ1) is 28.5. The zero-order valence-electron chi connectivity index (χ0n) is 19.3. The minimum atomic E-state index is -6.15. The molecular weight excluding hydrogens is 493 g/mol. The lowest BCUT2D eigenvalue weighted by Crippen LogP contribution is -2.56. The number of carbonyl (C=O) groups excluding carboxylic acids is 4. The molecule has 1 aliphatic rings. The van der Waals surface area contributed by atoms with E-state index in [0.717, 1.165) is 16.7 Å². The average Bonchev–Trinajstić information content (AvgIpc) is 3.26. The van der Waals surface area contributed by atoms with Gasteiger partial charge in [0.1, 0.15) is 12.1 Å². The summed E-state index contributed by atoms with van der Waals surface area (Å²) in [6.45, 7) is 1.41. The minimum Gasteiger partial charge on any atom is -0.339 e. The second kappa shape index (κ2) is 11.3. The molecule has 9 nitrogen and oxygen atoms in total. The Kier molecular flexibility index (Phi) is 8.95. The number of rotatable bonds is 8. The number of nitriles is 1. The smallest absolute Gasteiger partial charge is 0.339 e. The molecule has 14 heteroatoms. The SMILES string of the molecule is CCN(CC(=O)N1CC(C(=O)Nc2ccccc2)CC1C#N)C(=O)C(C)NC(=O)C(F)(F)C(F)(F)F. The number of likely N-dealkylation sites (tertiary alicyclic amines) is 1.